The van der Waals surface area contributed by atoms with Gasteiger partial charge in [0.1, 0.15) is 0 Å². The number of aliphatic hydroxyl groups excluding tert-OH is 1. The van der Waals surface area contributed by atoms with E-state index < -0.39 is 0 Å². The summed E-state index contributed by atoms with van der Waals surface area (Å²) in [5.74, 6) is 1.54. The van der Waals surface area contributed by atoms with Gasteiger partial charge in [-0.3, -0.25) is 0 Å². The van der Waals surface area contributed by atoms with Crippen LogP contribution in [-0.4, -0.2) is 11.7 Å². The van der Waals surface area contributed by atoms with Crippen molar-refractivity contribution in [1.82, 2.24) is 0 Å². The first-order chi connectivity index (χ1) is 5.16. The Balaban J connectivity index is -0.000000500. The first-order valence-corrected chi connectivity index (χ1v) is 4.77. The van der Waals surface area contributed by atoms with E-state index in [0.29, 0.717) is 12.5 Å². The Labute approximate surface area is 101 Å². The molecule has 0 fully saturated rings. The van der Waals surface area contributed by atoms with Crippen LogP contribution in [0.25, 0.3) is 0 Å². The van der Waals surface area contributed by atoms with Crippen LogP contribution in [-0.2, 0) is 0 Å². The largest absolute Gasteiger partial charge is 1.00 e. The Bertz CT molecular complexity index is 89.0. The zero-order valence-corrected chi connectivity index (χ0v) is 11.1. The smallest absolute Gasteiger partial charge is 1.00 e. The van der Waals surface area contributed by atoms with Crippen molar-refractivity contribution in [2.45, 2.75) is 46.5 Å². The maximum Gasteiger partial charge on any atom is 1.00 e. The summed E-state index contributed by atoms with van der Waals surface area (Å²) in [7, 11) is 0. The zero-order chi connectivity index (χ0) is 8.69. The third-order valence-corrected chi connectivity index (χ3v) is 2.10. The van der Waals surface area contributed by atoms with Gasteiger partial charge in [-0.05, 0) is 18.3 Å². The van der Waals surface area contributed by atoms with E-state index in [4.69, 9.17) is 5.11 Å². The summed E-state index contributed by atoms with van der Waals surface area (Å²) in [4.78, 5) is 0. The molecule has 0 heterocycles. The third kappa shape index (κ3) is 11.0. The minimum atomic E-state index is 0. The number of hydrogen-bond donors (Lipinski definition) is 1. The van der Waals surface area contributed by atoms with E-state index in [9.17, 15) is 0 Å². The fourth-order valence-electron chi connectivity index (χ4n) is 1.24. The van der Waals surface area contributed by atoms with Crippen LogP contribution >= 0.6 is 0 Å². The van der Waals surface area contributed by atoms with Gasteiger partial charge < -0.3 is 6.53 Å². The topological polar surface area (TPSA) is 20.2 Å². The van der Waals surface area contributed by atoms with Gasteiger partial charge >= 0.3 is 29.6 Å². The Morgan fingerprint density at radius 2 is 1.67 bits per heavy atom. The average Bonchev–Trinajstić information content (AvgIpc) is 1.87. The molecule has 1 nitrogen and oxygen atoms in total. The average molecular weight is 182 g/mol. The summed E-state index contributed by atoms with van der Waals surface area (Å²) in [6, 6.07) is 0. The molecule has 0 radical (unpaired) electrons. The van der Waals surface area contributed by atoms with Crippen LogP contribution in [0.2, 0.25) is 0 Å². The van der Waals surface area contributed by atoms with Crippen molar-refractivity contribution in [1.29, 1.82) is 0 Å². The summed E-state index contributed by atoms with van der Waals surface area (Å²) in [5, 5.41) is 8.65. The predicted octanol–water partition coefficient (Wildman–Crippen LogP) is -0.0523. The fourth-order valence-corrected chi connectivity index (χ4v) is 1.24. The van der Waals surface area contributed by atoms with Crippen LogP contribution in [0, 0.1) is 11.8 Å². The monoisotopic (exact) mass is 182 g/mol. The summed E-state index contributed by atoms with van der Waals surface area (Å²) < 4.78 is 0. The molecule has 1 unspecified atom stereocenters. The molecule has 0 amide bonds. The van der Waals surface area contributed by atoms with Gasteiger partial charge in [0.2, 0.25) is 0 Å². The van der Waals surface area contributed by atoms with Crippen LogP contribution < -0.4 is 29.6 Å². The van der Waals surface area contributed by atoms with Gasteiger partial charge in [-0.15, -0.1) is 0 Å². The summed E-state index contributed by atoms with van der Waals surface area (Å²) in [6.07, 6.45) is 4.89. The molecule has 1 N–H and O–H groups in total. The molecule has 0 aromatic rings. The Kier molecular flexibility index (Phi) is 12.9. The zero-order valence-electron chi connectivity index (χ0n) is 10.1. The second-order valence-electron chi connectivity index (χ2n) is 3.94. The summed E-state index contributed by atoms with van der Waals surface area (Å²) >= 11 is 0. The second kappa shape index (κ2) is 10.0. The Morgan fingerprint density at radius 3 is 2.08 bits per heavy atom. The fraction of sp³-hybridized carbons (Fsp3) is 1.00. The van der Waals surface area contributed by atoms with Crippen molar-refractivity contribution in [2.75, 3.05) is 6.61 Å². The van der Waals surface area contributed by atoms with Gasteiger partial charge in [-0.25, -0.2) is 0 Å². The summed E-state index contributed by atoms with van der Waals surface area (Å²) in [5.41, 5.74) is 0. The van der Waals surface area contributed by atoms with Gasteiger partial charge in [-0.1, -0.05) is 40.0 Å². The number of rotatable bonds is 6. The summed E-state index contributed by atoms with van der Waals surface area (Å²) in [6.45, 7) is 7.09. The van der Waals surface area contributed by atoms with E-state index in [1.54, 1.807) is 0 Å². The number of hydrogen-bond acceptors (Lipinski definition) is 1. The molecule has 70 valence electrons. The molecule has 2 heteroatoms. The Hall–Kier alpha value is 0.960. The van der Waals surface area contributed by atoms with Crippen molar-refractivity contribution >= 4 is 0 Å². The molecule has 0 aromatic carbocycles. The van der Waals surface area contributed by atoms with Gasteiger partial charge in [0.15, 0.2) is 0 Å². The van der Waals surface area contributed by atoms with Gasteiger partial charge in [-0.2, -0.15) is 0 Å². The molecule has 0 saturated carbocycles. The third-order valence-electron chi connectivity index (χ3n) is 2.10. The maximum atomic E-state index is 8.65. The molecule has 1 atom stereocenters. The van der Waals surface area contributed by atoms with Crippen molar-refractivity contribution < 1.29 is 36.1 Å². The second-order valence-corrected chi connectivity index (χ2v) is 3.94. The van der Waals surface area contributed by atoms with Crippen LogP contribution in [0.5, 0.6) is 0 Å². The van der Waals surface area contributed by atoms with Gasteiger partial charge in [0.25, 0.3) is 0 Å². The molecular formula is C10H23NaO. The molecule has 0 spiro atoms. The predicted molar refractivity (Wildman–Crippen MR) is 50.7 cm³/mol. The van der Waals surface area contributed by atoms with Gasteiger partial charge in [0.05, 0.1) is 0 Å². The van der Waals surface area contributed by atoms with Crippen molar-refractivity contribution in [3.8, 4) is 0 Å². The Morgan fingerprint density at radius 1 is 1.08 bits per heavy atom. The van der Waals surface area contributed by atoms with Gasteiger partial charge in [0, 0.05) is 6.61 Å². The molecular weight excluding hydrogens is 159 g/mol. The number of aliphatic hydroxyl groups is 1. The molecule has 0 aliphatic heterocycles. The van der Waals surface area contributed by atoms with E-state index in [0.717, 1.165) is 12.3 Å². The van der Waals surface area contributed by atoms with Crippen LogP contribution in [0.1, 0.15) is 47.9 Å². The van der Waals surface area contributed by atoms with Crippen molar-refractivity contribution in [2.24, 2.45) is 11.8 Å². The van der Waals surface area contributed by atoms with E-state index in [-0.39, 0.29) is 31.0 Å². The van der Waals surface area contributed by atoms with Crippen molar-refractivity contribution in [3.63, 3.8) is 0 Å². The van der Waals surface area contributed by atoms with Crippen LogP contribution in [0.15, 0.2) is 0 Å². The quantitative estimate of drug-likeness (QED) is 0.571. The van der Waals surface area contributed by atoms with E-state index >= 15 is 0 Å². The SMILES string of the molecule is CC(C)CCCC(C)CCO.[H-].[Na+]. The van der Waals surface area contributed by atoms with E-state index in [1.165, 1.54) is 19.3 Å². The first kappa shape index (κ1) is 15.4. The molecule has 0 rings (SSSR count). The molecule has 0 aromatic heterocycles. The van der Waals surface area contributed by atoms with Crippen LogP contribution in [0.4, 0.5) is 0 Å². The minimum absolute atomic E-state index is 0. The van der Waals surface area contributed by atoms with Crippen molar-refractivity contribution in [3.05, 3.63) is 0 Å². The molecule has 0 aliphatic rings. The molecule has 0 bridgehead atoms. The molecule has 0 aliphatic carbocycles. The maximum absolute atomic E-state index is 8.65. The van der Waals surface area contributed by atoms with E-state index in [2.05, 4.69) is 20.8 Å². The minimum Gasteiger partial charge on any atom is -1.00 e. The molecule has 0 saturated heterocycles. The standard InChI is InChI=1S/C10H22O.Na.H/c1-9(2)5-4-6-10(3)7-8-11;;/h9-11H,4-8H2,1-3H3;;/q;+1;-1. The first-order valence-electron chi connectivity index (χ1n) is 4.77. The van der Waals surface area contributed by atoms with E-state index in [1.807, 2.05) is 0 Å². The molecule has 12 heavy (non-hydrogen) atoms. The normalized spacial score (nSPS) is 12.8. The van der Waals surface area contributed by atoms with Crippen LogP contribution in [0.3, 0.4) is 0 Å².